The Morgan fingerprint density at radius 2 is 2.08 bits per heavy atom. The quantitative estimate of drug-likeness (QED) is 0.450. The Balaban J connectivity index is 2.63. The van der Waals surface area contributed by atoms with Crippen LogP contribution in [-0.4, -0.2) is 32.0 Å². The monoisotopic (exact) mass is 184 g/mol. The molecule has 12 heavy (non-hydrogen) atoms. The topological polar surface area (TPSA) is 29.5 Å². The summed E-state index contributed by atoms with van der Waals surface area (Å²) in [7, 11) is -1.35. The van der Waals surface area contributed by atoms with E-state index < -0.39 is 13.7 Å². The average Bonchev–Trinajstić information content (AvgIpc) is 2.32. The van der Waals surface area contributed by atoms with Gasteiger partial charge in [-0.3, -0.25) is 0 Å². The Bertz CT molecular complexity index is 213. The number of hydrogen-bond donors (Lipinski definition) is 1. The van der Waals surface area contributed by atoms with E-state index in [9.17, 15) is 5.11 Å². The molecule has 1 N–H and O–H groups in total. The van der Waals surface area contributed by atoms with Gasteiger partial charge in [-0.05, 0) is 0 Å². The zero-order valence-electron chi connectivity index (χ0n) is 7.98. The van der Waals surface area contributed by atoms with Crippen molar-refractivity contribution < 1.29 is 9.84 Å². The Morgan fingerprint density at radius 1 is 1.42 bits per heavy atom. The van der Waals surface area contributed by atoms with Crippen molar-refractivity contribution in [3.05, 3.63) is 0 Å². The molecule has 0 aromatic rings. The summed E-state index contributed by atoms with van der Waals surface area (Å²) >= 11 is 0. The second-order valence-corrected chi connectivity index (χ2v) is 9.08. The third-order valence-corrected chi connectivity index (χ3v) is 2.55. The van der Waals surface area contributed by atoms with Crippen LogP contribution in [0.1, 0.15) is 6.42 Å². The van der Waals surface area contributed by atoms with Gasteiger partial charge >= 0.3 is 0 Å². The van der Waals surface area contributed by atoms with E-state index in [4.69, 9.17) is 4.74 Å². The van der Waals surface area contributed by atoms with Gasteiger partial charge in [-0.15, -0.1) is 5.54 Å². The molecule has 0 aromatic heterocycles. The predicted octanol–water partition coefficient (Wildman–Crippen LogP) is 1.02. The van der Waals surface area contributed by atoms with Gasteiger partial charge in [0.25, 0.3) is 0 Å². The van der Waals surface area contributed by atoms with Gasteiger partial charge in [-0.2, -0.15) is 0 Å². The largest absolute Gasteiger partial charge is 0.377 e. The van der Waals surface area contributed by atoms with Gasteiger partial charge in [-0.1, -0.05) is 25.6 Å². The van der Waals surface area contributed by atoms with E-state index in [0.29, 0.717) is 19.6 Å². The van der Waals surface area contributed by atoms with E-state index in [2.05, 4.69) is 31.1 Å². The summed E-state index contributed by atoms with van der Waals surface area (Å²) in [6.07, 6.45) is 0.657. The molecular weight excluding hydrogens is 168 g/mol. The standard InChI is InChI=1S/C9H16O2Si/c1-12(2,3)7-5-9(10)4-6-11-8-9/h10H,4,6,8H2,1-3H3. The highest BCUT2D eigenvalue weighted by Crippen LogP contribution is 2.17. The molecule has 1 saturated heterocycles. The Hall–Kier alpha value is -0.303. The maximum absolute atomic E-state index is 9.78. The van der Waals surface area contributed by atoms with Gasteiger partial charge in [0.1, 0.15) is 13.7 Å². The molecule has 1 rings (SSSR count). The maximum Gasteiger partial charge on any atom is 0.150 e. The molecule has 0 amide bonds. The molecule has 1 aliphatic heterocycles. The molecule has 3 heteroatoms. The molecule has 1 aliphatic rings. The first-order valence-corrected chi connectivity index (χ1v) is 7.76. The second-order valence-electron chi connectivity index (χ2n) is 4.33. The lowest BCUT2D eigenvalue weighted by Crippen LogP contribution is -2.28. The van der Waals surface area contributed by atoms with Crippen LogP contribution in [0.15, 0.2) is 0 Å². The summed E-state index contributed by atoms with van der Waals surface area (Å²) in [5, 5.41) is 9.78. The molecule has 0 aliphatic carbocycles. The fourth-order valence-electron chi connectivity index (χ4n) is 0.957. The van der Waals surface area contributed by atoms with Crippen LogP contribution < -0.4 is 0 Å². The van der Waals surface area contributed by atoms with Gasteiger partial charge in [0.15, 0.2) is 0 Å². The number of ether oxygens (including phenoxy) is 1. The van der Waals surface area contributed by atoms with Crippen molar-refractivity contribution in [1.29, 1.82) is 0 Å². The SMILES string of the molecule is C[Si](C)(C)C#CC1(O)CCOC1. The van der Waals surface area contributed by atoms with Crippen LogP contribution in [0.4, 0.5) is 0 Å². The van der Waals surface area contributed by atoms with E-state index in [0.717, 1.165) is 0 Å². The first-order valence-electron chi connectivity index (χ1n) is 4.26. The number of hydrogen-bond acceptors (Lipinski definition) is 2. The average molecular weight is 184 g/mol. The Labute approximate surface area is 74.9 Å². The first kappa shape index (κ1) is 9.78. The van der Waals surface area contributed by atoms with E-state index >= 15 is 0 Å². The lowest BCUT2D eigenvalue weighted by atomic mass is 10.1. The molecule has 1 heterocycles. The highest BCUT2D eigenvalue weighted by Gasteiger charge is 2.30. The number of rotatable bonds is 0. The molecular formula is C9H16O2Si. The highest BCUT2D eigenvalue weighted by atomic mass is 28.3. The van der Waals surface area contributed by atoms with Crippen LogP contribution >= 0.6 is 0 Å². The molecule has 0 radical (unpaired) electrons. The summed E-state index contributed by atoms with van der Waals surface area (Å²) < 4.78 is 5.09. The predicted molar refractivity (Wildman–Crippen MR) is 51.5 cm³/mol. The van der Waals surface area contributed by atoms with Crippen molar-refractivity contribution >= 4 is 8.07 Å². The fraction of sp³-hybridized carbons (Fsp3) is 0.778. The van der Waals surface area contributed by atoms with Crippen molar-refractivity contribution in [3.8, 4) is 11.5 Å². The maximum atomic E-state index is 9.78. The molecule has 2 nitrogen and oxygen atoms in total. The summed E-state index contributed by atoms with van der Waals surface area (Å²) in [6, 6.07) is 0. The lowest BCUT2D eigenvalue weighted by Gasteiger charge is -2.13. The third kappa shape index (κ3) is 2.98. The van der Waals surface area contributed by atoms with Gasteiger partial charge in [0, 0.05) is 6.42 Å². The van der Waals surface area contributed by atoms with Crippen LogP contribution in [0.25, 0.3) is 0 Å². The van der Waals surface area contributed by atoms with Crippen molar-refractivity contribution in [2.24, 2.45) is 0 Å². The van der Waals surface area contributed by atoms with E-state index in [1.807, 2.05) is 0 Å². The van der Waals surface area contributed by atoms with Gasteiger partial charge in [0.2, 0.25) is 0 Å². The van der Waals surface area contributed by atoms with E-state index in [1.165, 1.54) is 0 Å². The second kappa shape index (κ2) is 3.21. The lowest BCUT2D eigenvalue weighted by molar-refractivity contribution is 0.0765. The summed E-state index contributed by atoms with van der Waals surface area (Å²) in [4.78, 5) is 0. The first-order chi connectivity index (χ1) is 5.41. The van der Waals surface area contributed by atoms with Crippen molar-refractivity contribution in [3.63, 3.8) is 0 Å². The minimum absolute atomic E-state index is 0.379. The molecule has 1 fully saturated rings. The normalized spacial score (nSPS) is 29.7. The third-order valence-electron chi connectivity index (χ3n) is 1.67. The molecule has 0 spiro atoms. The van der Waals surface area contributed by atoms with Gasteiger partial charge in [0.05, 0.1) is 13.2 Å². The van der Waals surface area contributed by atoms with Crippen LogP contribution in [0.2, 0.25) is 19.6 Å². The smallest absolute Gasteiger partial charge is 0.150 e. The molecule has 1 unspecified atom stereocenters. The minimum Gasteiger partial charge on any atom is -0.377 e. The fourth-order valence-corrected chi connectivity index (χ4v) is 1.56. The highest BCUT2D eigenvalue weighted by molar-refractivity contribution is 6.83. The van der Waals surface area contributed by atoms with Gasteiger partial charge < -0.3 is 9.84 Å². The van der Waals surface area contributed by atoms with Crippen LogP contribution in [0.5, 0.6) is 0 Å². The summed E-state index contributed by atoms with van der Waals surface area (Å²) in [6.45, 7) is 7.51. The molecule has 68 valence electrons. The number of aliphatic hydroxyl groups is 1. The van der Waals surface area contributed by atoms with Crippen LogP contribution in [-0.2, 0) is 4.74 Å². The molecule has 0 aromatic carbocycles. The zero-order valence-corrected chi connectivity index (χ0v) is 8.98. The Kier molecular flexibility index (Phi) is 2.62. The van der Waals surface area contributed by atoms with Crippen molar-refractivity contribution in [2.75, 3.05) is 13.2 Å². The Morgan fingerprint density at radius 3 is 2.50 bits per heavy atom. The van der Waals surface area contributed by atoms with E-state index in [-0.39, 0.29) is 0 Å². The van der Waals surface area contributed by atoms with E-state index in [1.54, 1.807) is 0 Å². The zero-order chi connectivity index (χ0) is 9.24. The molecule has 1 atom stereocenters. The summed E-state index contributed by atoms with van der Waals surface area (Å²) in [5.41, 5.74) is 2.32. The van der Waals surface area contributed by atoms with Crippen LogP contribution in [0, 0.1) is 11.5 Å². The van der Waals surface area contributed by atoms with Gasteiger partial charge in [-0.25, -0.2) is 0 Å². The van der Waals surface area contributed by atoms with Crippen molar-refractivity contribution in [1.82, 2.24) is 0 Å². The van der Waals surface area contributed by atoms with Crippen molar-refractivity contribution in [2.45, 2.75) is 31.7 Å². The molecule has 0 saturated carbocycles. The van der Waals surface area contributed by atoms with Crippen LogP contribution in [0.3, 0.4) is 0 Å². The molecule has 0 bridgehead atoms. The minimum atomic E-state index is -1.35. The summed E-state index contributed by atoms with van der Waals surface area (Å²) in [5.74, 6) is 2.94.